The smallest absolute Gasteiger partial charge is 0.378 e. The van der Waals surface area contributed by atoms with Gasteiger partial charge in [0.25, 0.3) is 0 Å². The Morgan fingerprint density at radius 1 is 1.10 bits per heavy atom. The first-order chi connectivity index (χ1) is 9.55. The zero-order valence-corrected chi connectivity index (χ0v) is 12.7. The Labute approximate surface area is 122 Å². The van der Waals surface area contributed by atoms with E-state index in [1.807, 2.05) is 0 Å². The van der Waals surface area contributed by atoms with Gasteiger partial charge < -0.3 is 14.2 Å². The van der Waals surface area contributed by atoms with Crippen molar-refractivity contribution in [3.8, 4) is 0 Å². The van der Waals surface area contributed by atoms with Gasteiger partial charge in [0.05, 0.1) is 18.8 Å². The summed E-state index contributed by atoms with van der Waals surface area (Å²) in [5.74, 6) is 0. The van der Waals surface area contributed by atoms with Crippen molar-refractivity contribution in [1.82, 2.24) is 0 Å². The Kier molecular flexibility index (Phi) is 6.45. The molecule has 13 heteroatoms. The highest BCUT2D eigenvalue weighted by Gasteiger charge is 2.43. The van der Waals surface area contributed by atoms with Gasteiger partial charge in [-0.15, -0.1) is 0 Å². The second-order valence-corrected chi connectivity index (χ2v) is 6.21. The van der Waals surface area contributed by atoms with E-state index in [1.54, 1.807) is 0 Å². The second kappa shape index (κ2) is 7.26. The van der Waals surface area contributed by atoms with Gasteiger partial charge in [-0.2, -0.15) is 16.8 Å². The summed E-state index contributed by atoms with van der Waals surface area (Å²) in [6.45, 7) is -0.531. The molecule has 0 radical (unpaired) electrons. The Morgan fingerprint density at radius 2 is 1.71 bits per heavy atom. The van der Waals surface area contributed by atoms with Crippen LogP contribution in [0.3, 0.4) is 0 Å². The van der Waals surface area contributed by atoms with E-state index in [1.165, 1.54) is 14.2 Å². The third-order valence-corrected chi connectivity index (χ3v) is 3.53. The average molecular weight is 352 g/mol. The SMILES string of the molecule is COC1CC(COS(=O)(=O)O)O[C@H](OC)C1OS(=O)(=O)O. The normalized spacial score (nSPS) is 31.2. The molecule has 0 aliphatic carbocycles. The van der Waals surface area contributed by atoms with E-state index in [0.29, 0.717) is 0 Å². The molecule has 1 heterocycles. The molecule has 3 unspecified atom stereocenters. The average Bonchev–Trinajstić information content (AvgIpc) is 2.34. The third-order valence-electron chi connectivity index (χ3n) is 2.63. The molecule has 1 aliphatic heterocycles. The van der Waals surface area contributed by atoms with Crippen molar-refractivity contribution in [3.05, 3.63) is 0 Å². The lowest BCUT2D eigenvalue weighted by molar-refractivity contribution is -0.258. The Hall–Kier alpha value is -0.380. The summed E-state index contributed by atoms with van der Waals surface area (Å²) in [4.78, 5) is 0. The summed E-state index contributed by atoms with van der Waals surface area (Å²) >= 11 is 0. The lowest BCUT2D eigenvalue weighted by Crippen LogP contribution is -2.52. The van der Waals surface area contributed by atoms with Crippen LogP contribution >= 0.6 is 0 Å². The predicted octanol–water partition coefficient (Wildman–Crippen LogP) is -1.23. The van der Waals surface area contributed by atoms with Crippen molar-refractivity contribution in [2.75, 3.05) is 20.8 Å². The maximum Gasteiger partial charge on any atom is 0.397 e. The molecule has 0 spiro atoms. The maximum atomic E-state index is 10.8. The van der Waals surface area contributed by atoms with Crippen LogP contribution in [0.15, 0.2) is 0 Å². The van der Waals surface area contributed by atoms with Gasteiger partial charge in [0.1, 0.15) is 0 Å². The first-order valence-corrected chi connectivity index (χ1v) is 8.27. The van der Waals surface area contributed by atoms with Gasteiger partial charge in [-0.3, -0.25) is 9.11 Å². The standard InChI is InChI=1S/C8H16O11S2/c1-15-6-3-5(4-17-20(9,10)11)18-8(16-2)7(6)19-21(12,13)14/h5-8H,3-4H2,1-2H3,(H,9,10,11)(H,12,13,14)/t5?,6?,7?,8-/m0/s1. The highest BCUT2D eigenvalue weighted by Crippen LogP contribution is 2.26. The molecule has 21 heavy (non-hydrogen) atoms. The lowest BCUT2D eigenvalue weighted by Gasteiger charge is -2.38. The minimum absolute atomic E-state index is 0.0218. The first kappa shape index (κ1) is 18.7. The summed E-state index contributed by atoms with van der Waals surface area (Å²) in [6.07, 6.45) is -4.34. The van der Waals surface area contributed by atoms with E-state index in [9.17, 15) is 16.8 Å². The summed E-state index contributed by atoms with van der Waals surface area (Å²) in [5.41, 5.74) is 0. The van der Waals surface area contributed by atoms with Gasteiger partial charge in [-0.05, 0) is 0 Å². The highest BCUT2D eigenvalue weighted by atomic mass is 32.3. The molecule has 4 atom stereocenters. The number of hydrogen-bond donors (Lipinski definition) is 2. The molecular formula is C8H16O11S2. The van der Waals surface area contributed by atoms with Gasteiger partial charge in [0, 0.05) is 20.6 Å². The van der Waals surface area contributed by atoms with E-state index in [2.05, 4.69) is 8.37 Å². The Balaban J connectivity index is 2.79. The minimum Gasteiger partial charge on any atom is -0.378 e. The molecule has 2 N–H and O–H groups in total. The van der Waals surface area contributed by atoms with E-state index < -0.39 is 52.0 Å². The monoisotopic (exact) mass is 352 g/mol. The second-order valence-electron chi connectivity index (χ2n) is 4.07. The number of methoxy groups -OCH3 is 2. The van der Waals surface area contributed by atoms with Crippen LogP contribution in [-0.4, -0.2) is 71.4 Å². The molecule has 0 amide bonds. The van der Waals surface area contributed by atoms with Crippen LogP contribution in [0.5, 0.6) is 0 Å². The van der Waals surface area contributed by atoms with Crippen molar-refractivity contribution in [1.29, 1.82) is 0 Å². The van der Waals surface area contributed by atoms with Gasteiger partial charge in [-0.1, -0.05) is 0 Å². The van der Waals surface area contributed by atoms with Crippen molar-refractivity contribution in [2.45, 2.75) is 31.0 Å². The maximum absolute atomic E-state index is 10.8. The summed E-state index contributed by atoms with van der Waals surface area (Å²) in [6, 6.07) is 0. The van der Waals surface area contributed by atoms with Gasteiger partial charge in [0.2, 0.25) is 0 Å². The molecule has 126 valence electrons. The van der Waals surface area contributed by atoms with Crippen LogP contribution < -0.4 is 0 Å². The summed E-state index contributed by atoms with van der Waals surface area (Å²) in [7, 11) is -6.97. The van der Waals surface area contributed by atoms with Crippen LogP contribution in [0.25, 0.3) is 0 Å². The molecule has 0 aromatic carbocycles. The topological polar surface area (TPSA) is 155 Å². The minimum atomic E-state index is -4.77. The van der Waals surface area contributed by atoms with Crippen LogP contribution in [-0.2, 0) is 43.4 Å². The fourth-order valence-corrected chi connectivity index (χ4v) is 2.65. The molecule has 0 aromatic rings. The van der Waals surface area contributed by atoms with Crippen LogP contribution in [0.4, 0.5) is 0 Å². The Bertz CT molecular complexity index is 512. The number of ether oxygens (including phenoxy) is 3. The molecule has 1 rings (SSSR count). The van der Waals surface area contributed by atoms with Gasteiger partial charge in [-0.25, -0.2) is 8.37 Å². The molecule has 0 aromatic heterocycles. The van der Waals surface area contributed by atoms with Crippen molar-refractivity contribution in [2.24, 2.45) is 0 Å². The fraction of sp³-hybridized carbons (Fsp3) is 1.00. The van der Waals surface area contributed by atoms with Gasteiger partial charge >= 0.3 is 20.8 Å². The Morgan fingerprint density at radius 3 is 2.14 bits per heavy atom. The fourth-order valence-electron chi connectivity index (χ4n) is 1.83. The predicted molar refractivity (Wildman–Crippen MR) is 65.0 cm³/mol. The zero-order valence-electron chi connectivity index (χ0n) is 11.1. The summed E-state index contributed by atoms with van der Waals surface area (Å²) in [5, 5.41) is 0. The van der Waals surface area contributed by atoms with Crippen molar-refractivity contribution >= 4 is 20.8 Å². The summed E-state index contributed by atoms with van der Waals surface area (Å²) < 4.78 is 83.5. The first-order valence-electron chi connectivity index (χ1n) is 5.54. The van der Waals surface area contributed by atoms with E-state index in [0.717, 1.165) is 0 Å². The van der Waals surface area contributed by atoms with Gasteiger partial charge in [0.15, 0.2) is 12.4 Å². The molecule has 0 saturated carbocycles. The van der Waals surface area contributed by atoms with Crippen molar-refractivity contribution in [3.63, 3.8) is 0 Å². The molecule has 1 fully saturated rings. The molecule has 1 aliphatic rings. The molecule has 1 saturated heterocycles. The van der Waals surface area contributed by atoms with Crippen LogP contribution in [0.1, 0.15) is 6.42 Å². The quantitative estimate of drug-likeness (QED) is 0.529. The molecule has 11 nitrogen and oxygen atoms in total. The third kappa shape index (κ3) is 6.50. The lowest BCUT2D eigenvalue weighted by atomic mass is 10.0. The molecular weight excluding hydrogens is 336 g/mol. The number of rotatable bonds is 7. The van der Waals surface area contributed by atoms with E-state index in [-0.39, 0.29) is 6.42 Å². The zero-order chi connectivity index (χ0) is 16.3. The van der Waals surface area contributed by atoms with Crippen LogP contribution in [0.2, 0.25) is 0 Å². The van der Waals surface area contributed by atoms with E-state index in [4.69, 9.17) is 23.3 Å². The van der Waals surface area contributed by atoms with E-state index >= 15 is 0 Å². The number of hydrogen-bond acceptors (Lipinski definition) is 9. The molecule has 0 bridgehead atoms. The largest absolute Gasteiger partial charge is 0.397 e. The highest BCUT2D eigenvalue weighted by molar-refractivity contribution is 7.81. The van der Waals surface area contributed by atoms with Crippen molar-refractivity contribution < 1.29 is 48.5 Å². The van der Waals surface area contributed by atoms with Crippen LogP contribution in [0, 0.1) is 0 Å².